The lowest BCUT2D eigenvalue weighted by Gasteiger charge is -2.10. The van der Waals surface area contributed by atoms with Gasteiger partial charge in [-0.25, -0.2) is 0 Å². The smallest absolute Gasteiger partial charge is 0.0679 e. The fourth-order valence-electron chi connectivity index (χ4n) is 2.91. The van der Waals surface area contributed by atoms with E-state index in [0.29, 0.717) is 0 Å². The van der Waals surface area contributed by atoms with Crippen LogP contribution in [0, 0.1) is 6.92 Å². The molecule has 0 aliphatic heterocycles. The second-order valence-corrected chi connectivity index (χ2v) is 5.64. The molecular weight excluding hydrogens is 250 g/mol. The van der Waals surface area contributed by atoms with Crippen molar-refractivity contribution in [1.29, 1.82) is 0 Å². The van der Waals surface area contributed by atoms with Crippen LogP contribution in [0.5, 0.6) is 0 Å². The van der Waals surface area contributed by atoms with Crippen molar-refractivity contribution in [2.45, 2.75) is 39.5 Å². The van der Waals surface area contributed by atoms with E-state index in [1.54, 1.807) is 0 Å². The predicted octanol–water partition coefficient (Wildman–Crippen LogP) is 4.91. The first-order valence-electron chi connectivity index (χ1n) is 6.99. The molecule has 0 N–H and O–H groups in total. The molecule has 1 aromatic heterocycles. The van der Waals surface area contributed by atoms with Crippen molar-refractivity contribution < 1.29 is 0 Å². The molecule has 1 heterocycles. The first-order valence-corrected chi connectivity index (χ1v) is 8.39. The minimum atomic E-state index is 1.05. The van der Waals surface area contributed by atoms with Crippen molar-refractivity contribution in [2.24, 2.45) is 0 Å². The highest BCUT2D eigenvalue weighted by Gasteiger charge is 2.18. The van der Waals surface area contributed by atoms with Crippen LogP contribution in [0.2, 0.25) is 0 Å². The lowest BCUT2D eigenvalue weighted by atomic mass is 9.98. The highest BCUT2D eigenvalue weighted by molar-refractivity contribution is 7.97. The molecule has 0 spiro atoms. The Bertz CT molecular complexity index is 540. The van der Waals surface area contributed by atoms with Crippen molar-refractivity contribution in [2.75, 3.05) is 6.26 Å². The lowest BCUT2D eigenvalue weighted by molar-refractivity contribution is 0.789. The summed E-state index contributed by atoms with van der Waals surface area (Å²) in [6.07, 6.45) is 4.36. The Kier molecular flexibility index (Phi) is 4.76. The average Bonchev–Trinajstić information content (AvgIpc) is 2.72. The van der Waals surface area contributed by atoms with Gasteiger partial charge in [-0.15, -0.1) is 11.8 Å². The van der Waals surface area contributed by atoms with Crippen molar-refractivity contribution in [3.63, 3.8) is 0 Å². The number of aromatic nitrogens is 1. The van der Waals surface area contributed by atoms with Crippen LogP contribution in [0.15, 0.2) is 30.3 Å². The van der Waals surface area contributed by atoms with Gasteiger partial charge in [-0.3, -0.25) is 0 Å². The van der Waals surface area contributed by atoms with Gasteiger partial charge in [0.2, 0.25) is 0 Å². The summed E-state index contributed by atoms with van der Waals surface area (Å²) in [5.41, 5.74) is 7.26. The van der Waals surface area contributed by atoms with Gasteiger partial charge in [0.05, 0.1) is 5.88 Å². The van der Waals surface area contributed by atoms with E-state index >= 15 is 0 Å². The van der Waals surface area contributed by atoms with Crippen LogP contribution in [0.4, 0.5) is 0 Å². The van der Waals surface area contributed by atoms with Gasteiger partial charge in [-0.1, -0.05) is 44.2 Å². The van der Waals surface area contributed by atoms with Crippen molar-refractivity contribution in [1.82, 2.24) is 4.57 Å². The monoisotopic (exact) mass is 273 g/mol. The van der Waals surface area contributed by atoms with Gasteiger partial charge >= 0.3 is 0 Å². The molecule has 0 aliphatic carbocycles. The van der Waals surface area contributed by atoms with Crippen LogP contribution >= 0.6 is 11.8 Å². The molecule has 1 aromatic carbocycles. The van der Waals surface area contributed by atoms with Crippen molar-refractivity contribution in [3.8, 4) is 11.1 Å². The SMILES string of the molecule is CCc1c(-c2ccccc2)c(CC)n(CSC)c1C. The summed E-state index contributed by atoms with van der Waals surface area (Å²) in [4.78, 5) is 0. The molecule has 0 amide bonds. The van der Waals surface area contributed by atoms with Crippen LogP contribution in [0.1, 0.15) is 30.8 Å². The molecule has 0 unspecified atom stereocenters. The molecule has 2 rings (SSSR count). The Morgan fingerprint density at radius 3 is 2.26 bits per heavy atom. The lowest BCUT2D eigenvalue weighted by Crippen LogP contribution is -2.02. The van der Waals surface area contributed by atoms with E-state index < -0.39 is 0 Å². The Morgan fingerprint density at radius 2 is 1.74 bits per heavy atom. The molecule has 102 valence electrons. The molecule has 19 heavy (non-hydrogen) atoms. The molecule has 0 saturated heterocycles. The van der Waals surface area contributed by atoms with E-state index in [1.807, 2.05) is 11.8 Å². The van der Waals surface area contributed by atoms with Crippen LogP contribution in [-0.4, -0.2) is 10.8 Å². The van der Waals surface area contributed by atoms with Gasteiger partial charge in [-0.05, 0) is 37.1 Å². The molecule has 1 nitrogen and oxygen atoms in total. The summed E-state index contributed by atoms with van der Waals surface area (Å²) in [6.45, 7) is 6.79. The maximum Gasteiger partial charge on any atom is 0.0679 e. The fourth-order valence-corrected chi connectivity index (χ4v) is 3.51. The minimum absolute atomic E-state index is 1.05. The number of rotatable bonds is 5. The summed E-state index contributed by atoms with van der Waals surface area (Å²) in [7, 11) is 0. The normalized spacial score (nSPS) is 10.9. The summed E-state index contributed by atoms with van der Waals surface area (Å²) in [5, 5.41) is 0. The van der Waals surface area contributed by atoms with Gasteiger partial charge in [0.1, 0.15) is 0 Å². The Labute approximate surface area is 121 Å². The molecule has 0 bridgehead atoms. The van der Waals surface area contributed by atoms with Gasteiger partial charge in [0.25, 0.3) is 0 Å². The van der Waals surface area contributed by atoms with Crippen LogP contribution in [-0.2, 0) is 18.7 Å². The highest BCUT2D eigenvalue weighted by atomic mass is 32.2. The van der Waals surface area contributed by atoms with Gasteiger partial charge in [-0.2, -0.15) is 0 Å². The average molecular weight is 273 g/mol. The summed E-state index contributed by atoms with van der Waals surface area (Å²) >= 11 is 1.89. The third kappa shape index (κ3) is 2.59. The largest absolute Gasteiger partial charge is 0.338 e. The van der Waals surface area contributed by atoms with Crippen LogP contribution in [0.3, 0.4) is 0 Å². The third-order valence-electron chi connectivity index (χ3n) is 3.77. The van der Waals surface area contributed by atoms with Crippen molar-refractivity contribution in [3.05, 3.63) is 47.3 Å². The maximum absolute atomic E-state index is 2.49. The van der Waals surface area contributed by atoms with Crippen LogP contribution < -0.4 is 0 Å². The molecule has 0 saturated carbocycles. The molecule has 0 aliphatic rings. The number of hydrogen-bond donors (Lipinski definition) is 0. The summed E-state index contributed by atoms with van der Waals surface area (Å²) < 4.78 is 2.49. The van der Waals surface area contributed by atoms with E-state index in [9.17, 15) is 0 Å². The van der Waals surface area contributed by atoms with E-state index in [4.69, 9.17) is 0 Å². The standard InChI is InChI=1S/C17H23NS/c1-5-15-13(3)18(12-19-4)16(6-2)17(15)14-10-8-7-9-11-14/h7-11H,5-6,12H2,1-4H3. The molecular formula is C17H23NS. The van der Waals surface area contributed by atoms with Gasteiger partial charge in [0, 0.05) is 17.0 Å². The molecule has 0 fully saturated rings. The Hall–Kier alpha value is -1.15. The number of nitrogens with zero attached hydrogens (tertiary/aromatic N) is 1. The minimum Gasteiger partial charge on any atom is -0.338 e. The Balaban J connectivity index is 2.68. The molecule has 0 radical (unpaired) electrons. The summed E-state index contributed by atoms with van der Waals surface area (Å²) in [6, 6.07) is 10.8. The first-order chi connectivity index (χ1) is 9.24. The van der Waals surface area contributed by atoms with Gasteiger partial charge < -0.3 is 4.57 Å². The molecule has 2 aromatic rings. The zero-order valence-corrected chi connectivity index (χ0v) is 13.2. The maximum atomic E-state index is 2.49. The van der Waals surface area contributed by atoms with E-state index in [1.165, 1.54) is 28.1 Å². The van der Waals surface area contributed by atoms with Crippen molar-refractivity contribution >= 4 is 11.8 Å². The highest BCUT2D eigenvalue weighted by Crippen LogP contribution is 2.34. The predicted molar refractivity (Wildman–Crippen MR) is 86.9 cm³/mol. The zero-order valence-electron chi connectivity index (χ0n) is 12.4. The van der Waals surface area contributed by atoms with E-state index in [2.05, 4.69) is 61.9 Å². The summed E-state index contributed by atoms with van der Waals surface area (Å²) in [5.74, 6) is 1.05. The second-order valence-electron chi connectivity index (χ2n) is 4.80. The number of hydrogen-bond acceptors (Lipinski definition) is 1. The first kappa shape index (κ1) is 14.3. The Morgan fingerprint density at radius 1 is 1.05 bits per heavy atom. The quantitative estimate of drug-likeness (QED) is 0.749. The molecule has 0 atom stereocenters. The molecule has 2 heteroatoms. The second kappa shape index (κ2) is 6.33. The van der Waals surface area contributed by atoms with Crippen LogP contribution in [0.25, 0.3) is 11.1 Å². The topological polar surface area (TPSA) is 4.93 Å². The van der Waals surface area contributed by atoms with Gasteiger partial charge in [0.15, 0.2) is 0 Å². The fraction of sp³-hybridized carbons (Fsp3) is 0.412. The third-order valence-corrected chi connectivity index (χ3v) is 4.28. The zero-order chi connectivity index (χ0) is 13.8. The number of benzene rings is 1. The van der Waals surface area contributed by atoms with E-state index in [0.717, 1.165) is 18.7 Å². The number of thioether (sulfide) groups is 1. The van der Waals surface area contributed by atoms with E-state index in [-0.39, 0.29) is 0 Å².